The molecule has 7 rings (SSSR count). The third-order valence-corrected chi connectivity index (χ3v) is 12.1. The fourth-order valence-corrected chi connectivity index (χ4v) is 8.82. The third-order valence-electron chi connectivity index (χ3n) is 10.1. The molecule has 1 fully saturated rings. The number of phosphoric ester groups is 1. The second-order valence-electron chi connectivity index (χ2n) is 14.1. The largest absolute Gasteiger partial charge is 0.530 e. The molecule has 316 valence electrons. The first-order chi connectivity index (χ1) is 29.4. The quantitative estimate of drug-likeness (QED) is 0.0401. The molecule has 1 aliphatic heterocycles. The van der Waals surface area contributed by atoms with Crippen LogP contribution in [0.25, 0.3) is 0 Å². The zero-order valence-corrected chi connectivity index (χ0v) is 35.3. The zero-order chi connectivity index (χ0) is 43.1. The Morgan fingerprint density at radius 1 is 0.902 bits per heavy atom. The van der Waals surface area contributed by atoms with Gasteiger partial charge in [-0.25, -0.2) is 9.36 Å². The Bertz CT molecular complexity index is 2590. The van der Waals surface area contributed by atoms with Gasteiger partial charge in [-0.3, -0.25) is 33.5 Å². The van der Waals surface area contributed by atoms with Gasteiger partial charge in [-0.1, -0.05) is 108 Å². The average molecular weight is 889 g/mol. The Kier molecular flexibility index (Phi) is 13.6. The molecule has 14 nitrogen and oxygen atoms in total. The molecule has 0 saturated carbocycles. The molecule has 1 N–H and O–H groups in total. The van der Waals surface area contributed by atoms with Crippen LogP contribution in [0.2, 0.25) is 10.0 Å². The normalized spacial score (nSPS) is 17.4. The van der Waals surface area contributed by atoms with Gasteiger partial charge in [0.25, 0.3) is 11.2 Å². The number of nitrogens with zero attached hydrogens (tertiary/aromatic N) is 2. The van der Waals surface area contributed by atoms with E-state index in [1.807, 2.05) is 84.9 Å². The number of nitrogens with one attached hydrogen (secondary N) is 1. The highest BCUT2D eigenvalue weighted by Crippen LogP contribution is 2.55. The number of benzene rings is 5. The number of aryl methyl sites for hydroxylation is 1. The molecule has 2 heterocycles. The molecule has 1 aromatic heterocycles. The highest BCUT2D eigenvalue weighted by molar-refractivity contribution is 7.49. The molecule has 0 radical (unpaired) electrons. The Morgan fingerprint density at radius 3 is 2.16 bits per heavy atom. The van der Waals surface area contributed by atoms with Crippen LogP contribution in [-0.2, 0) is 35.1 Å². The van der Waals surface area contributed by atoms with E-state index in [0.717, 1.165) is 16.7 Å². The number of nitro benzene ring substituents is 1. The van der Waals surface area contributed by atoms with Crippen molar-refractivity contribution >= 4 is 36.7 Å². The topological polar surface area (TPSA) is 170 Å². The van der Waals surface area contributed by atoms with Gasteiger partial charge in [-0.05, 0) is 59.9 Å². The summed E-state index contributed by atoms with van der Waals surface area (Å²) in [5, 5.41) is 11.5. The zero-order valence-electron chi connectivity index (χ0n) is 32.9. The number of H-pyrrole nitrogens is 1. The van der Waals surface area contributed by atoms with Gasteiger partial charge in [0.1, 0.15) is 29.8 Å². The number of aromatic nitrogens is 2. The van der Waals surface area contributed by atoms with E-state index in [-0.39, 0.29) is 53.1 Å². The standard InChI is InChI=1S/C44H40Cl2N3O11P/c1-29-27-48(43(51)47-42(29)50)41-26-39(60-61(54,59-38-25-34(45)17-22-37(38)46)57-24-23-30-13-18-35(19-14-30)49(52)53)40(58-41)28-56-44(31-9-5-3-6-10-31,32-11-7-4-8-12-32)33-15-20-36(55-2)21-16-33/h3-22,25,27,39-41H,23-24,26,28H2,1-2H3,(H,47,50,51)/t39-,40+,41+,61?/m0/s1. The van der Waals surface area contributed by atoms with Crippen molar-refractivity contribution in [3.05, 3.63) is 202 Å². The van der Waals surface area contributed by atoms with Crippen LogP contribution < -0.4 is 20.5 Å². The van der Waals surface area contributed by atoms with Gasteiger partial charge in [0, 0.05) is 41.4 Å². The van der Waals surface area contributed by atoms with E-state index in [9.17, 15) is 24.3 Å². The summed E-state index contributed by atoms with van der Waals surface area (Å²) in [6, 6.07) is 36.9. The number of rotatable bonds is 17. The molecule has 1 saturated heterocycles. The molecule has 0 bridgehead atoms. The molecule has 17 heteroatoms. The van der Waals surface area contributed by atoms with E-state index in [0.29, 0.717) is 11.3 Å². The van der Waals surface area contributed by atoms with Gasteiger partial charge in [-0.15, -0.1) is 0 Å². The van der Waals surface area contributed by atoms with Gasteiger partial charge in [0.2, 0.25) is 0 Å². The van der Waals surface area contributed by atoms with E-state index in [1.54, 1.807) is 26.2 Å². The second-order valence-corrected chi connectivity index (χ2v) is 16.4. The maximum Gasteiger partial charge on any atom is 0.530 e. The number of non-ortho nitro benzene ring substituents is 1. The fraction of sp³-hybridized carbons (Fsp3) is 0.227. The highest BCUT2D eigenvalue weighted by atomic mass is 35.5. The maximum absolute atomic E-state index is 14.9. The number of halogens is 2. The van der Waals surface area contributed by atoms with Gasteiger partial charge in [0.15, 0.2) is 5.75 Å². The Hall–Kier alpha value is -5.57. The average Bonchev–Trinajstić information content (AvgIpc) is 3.66. The minimum atomic E-state index is -4.68. The van der Waals surface area contributed by atoms with Crippen molar-refractivity contribution in [1.82, 2.24) is 9.55 Å². The first-order valence-electron chi connectivity index (χ1n) is 19.1. The van der Waals surface area contributed by atoms with Crippen LogP contribution in [-0.4, -0.2) is 47.0 Å². The summed E-state index contributed by atoms with van der Waals surface area (Å²) in [7, 11) is -3.10. The van der Waals surface area contributed by atoms with Crippen LogP contribution in [0.1, 0.15) is 40.5 Å². The van der Waals surface area contributed by atoms with E-state index in [4.69, 9.17) is 51.0 Å². The van der Waals surface area contributed by atoms with Gasteiger partial charge in [0.05, 0.1) is 30.3 Å². The molecular weight excluding hydrogens is 848 g/mol. The van der Waals surface area contributed by atoms with Crippen molar-refractivity contribution in [3.8, 4) is 11.5 Å². The van der Waals surface area contributed by atoms with Gasteiger partial charge >= 0.3 is 13.5 Å². The van der Waals surface area contributed by atoms with Crippen molar-refractivity contribution in [2.75, 3.05) is 20.3 Å². The number of methoxy groups -OCH3 is 1. The predicted octanol–water partition coefficient (Wildman–Crippen LogP) is 9.20. The monoisotopic (exact) mass is 887 g/mol. The molecular formula is C44H40Cl2N3O11P. The van der Waals surface area contributed by atoms with Crippen molar-refractivity contribution in [2.24, 2.45) is 0 Å². The number of hydrogen-bond donors (Lipinski definition) is 1. The lowest BCUT2D eigenvalue weighted by Gasteiger charge is -2.37. The van der Waals surface area contributed by atoms with Crippen LogP contribution in [0.5, 0.6) is 11.5 Å². The lowest BCUT2D eigenvalue weighted by Crippen LogP contribution is -2.38. The first-order valence-corrected chi connectivity index (χ1v) is 21.3. The van der Waals surface area contributed by atoms with Gasteiger partial charge < -0.3 is 18.7 Å². The molecule has 61 heavy (non-hydrogen) atoms. The van der Waals surface area contributed by atoms with E-state index in [1.165, 1.54) is 41.1 Å². The number of hydrogen-bond acceptors (Lipinski definition) is 11. The molecule has 1 aliphatic rings. The maximum atomic E-state index is 14.9. The molecule has 0 aliphatic carbocycles. The van der Waals surface area contributed by atoms with Crippen LogP contribution in [0, 0.1) is 17.0 Å². The number of aromatic amines is 1. The van der Waals surface area contributed by atoms with Crippen LogP contribution >= 0.6 is 31.0 Å². The molecule has 4 atom stereocenters. The number of nitro groups is 1. The van der Waals surface area contributed by atoms with Crippen LogP contribution in [0.15, 0.2) is 143 Å². The summed E-state index contributed by atoms with van der Waals surface area (Å²) in [5.41, 5.74) is 0.603. The summed E-state index contributed by atoms with van der Waals surface area (Å²) < 4.78 is 53.6. The molecule has 6 aromatic rings. The molecule has 0 spiro atoms. The Labute approximate surface area is 360 Å². The minimum Gasteiger partial charge on any atom is -0.497 e. The van der Waals surface area contributed by atoms with Crippen molar-refractivity contribution in [3.63, 3.8) is 0 Å². The van der Waals surface area contributed by atoms with E-state index >= 15 is 0 Å². The smallest absolute Gasteiger partial charge is 0.497 e. The fourth-order valence-electron chi connectivity index (χ4n) is 7.03. The summed E-state index contributed by atoms with van der Waals surface area (Å²) >= 11 is 12.7. The van der Waals surface area contributed by atoms with Crippen molar-refractivity contribution in [2.45, 2.75) is 43.8 Å². The summed E-state index contributed by atoms with van der Waals surface area (Å²) in [6.07, 6.45) is -1.74. The third kappa shape index (κ3) is 9.98. The Balaban J connectivity index is 1.27. The minimum absolute atomic E-state index is 0.0675. The Morgan fingerprint density at radius 2 is 1.54 bits per heavy atom. The second kappa shape index (κ2) is 19.0. The first kappa shape index (κ1) is 43.5. The SMILES string of the molecule is COc1ccc(C(OC[C@H]2O[C@@H](n3cc(C)c(=O)[nH]c3=O)C[C@@H]2OP(=O)(OCCc2ccc([N+](=O)[O-])cc2)Oc2cc(Cl)ccc2Cl)(c2ccccc2)c2ccccc2)cc1. The molecule has 5 aromatic carbocycles. The summed E-state index contributed by atoms with van der Waals surface area (Å²) in [6.45, 7) is 1.14. The van der Waals surface area contributed by atoms with Gasteiger partial charge in [-0.2, -0.15) is 0 Å². The summed E-state index contributed by atoms with van der Waals surface area (Å²) in [5.74, 6) is 0.551. The molecule has 1 unspecified atom stereocenters. The van der Waals surface area contributed by atoms with Crippen molar-refractivity contribution in [1.29, 1.82) is 0 Å². The van der Waals surface area contributed by atoms with Crippen LogP contribution in [0.4, 0.5) is 5.69 Å². The lowest BCUT2D eigenvalue weighted by molar-refractivity contribution is -0.384. The number of ether oxygens (including phenoxy) is 3. The number of phosphoric acid groups is 1. The highest BCUT2D eigenvalue weighted by Gasteiger charge is 2.47. The van der Waals surface area contributed by atoms with Crippen molar-refractivity contribution < 1.29 is 37.3 Å². The van der Waals surface area contributed by atoms with E-state index < -0.39 is 48.0 Å². The predicted molar refractivity (Wildman–Crippen MR) is 229 cm³/mol. The van der Waals surface area contributed by atoms with Crippen LogP contribution in [0.3, 0.4) is 0 Å². The summed E-state index contributed by atoms with van der Waals surface area (Å²) in [4.78, 5) is 38.6. The van der Waals surface area contributed by atoms with E-state index in [2.05, 4.69) is 4.98 Å². The lowest BCUT2D eigenvalue weighted by atomic mass is 9.80. The molecule has 0 amide bonds.